The van der Waals surface area contributed by atoms with E-state index in [4.69, 9.17) is 4.74 Å². The van der Waals surface area contributed by atoms with Gasteiger partial charge in [0.15, 0.2) is 5.75 Å². The van der Waals surface area contributed by atoms with E-state index in [-0.39, 0.29) is 12.3 Å². The highest BCUT2D eigenvalue weighted by Gasteiger charge is 2.26. The van der Waals surface area contributed by atoms with Crippen LogP contribution in [-0.4, -0.2) is 26.7 Å². The lowest BCUT2D eigenvalue weighted by molar-refractivity contribution is 0.0955. The van der Waals surface area contributed by atoms with Crippen molar-refractivity contribution in [3.63, 3.8) is 0 Å². The Balaban J connectivity index is 1.47. The average molecular weight is 497 g/mol. The molecular weight excluding hydrogens is 464 g/mol. The summed E-state index contributed by atoms with van der Waals surface area (Å²) in [6.45, 7) is 6.40. The monoisotopic (exact) mass is 496 g/mol. The van der Waals surface area contributed by atoms with Gasteiger partial charge in [0.2, 0.25) is 0 Å². The summed E-state index contributed by atoms with van der Waals surface area (Å²) in [4.78, 5) is 13.1. The van der Waals surface area contributed by atoms with Crippen LogP contribution in [0.4, 0.5) is 10.5 Å². The normalized spacial score (nSPS) is 11.1. The molecule has 0 aliphatic heterocycles. The van der Waals surface area contributed by atoms with E-state index in [9.17, 15) is 15.0 Å². The molecule has 190 valence electrons. The molecule has 0 aromatic heterocycles. The third-order valence-electron chi connectivity index (χ3n) is 6.02. The minimum atomic E-state index is -0.977. The molecule has 0 bridgehead atoms. The molecule has 0 spiro atoms. The second kappa shape index (κ2) is 11.1. The number of amides is 1. The lowest BCUT2D eigenvalue weighted by Gasteiger charge is -2.33. The van der Waals surface area contributed by atoms with E-state index >= 15 is 0 Å². The van der Waals surface area contributed by atoms with Crippen LogP contribution >= 0.6 is 0 Å². The molecule has 0 fully saturated rings. The Morgan fingerprint density at radius 2 is 1.54 bits per heavy atom. The molecule has 0 saturated heterocycles. The van der Waals surface area contributed by atoms with E-state index < -0.39 is 11.6 Å². The summed E-state index contributed by atoms with van der Waals surface area (Å²) in [5.74, 6) is 1.12. The topological polar surface area (TPSA) is 82.0 Å². The maximum Gasteiger partial charge on any atom is 0.408 e. The molecule has 1 amide bonds. The number of hydrogen-bond donors (Lipinski definition) is 3. The second-order valence-electron chi connectivity index (χ2n) is 9.89. The van der Waals surface area contributed by atoms with Gasteiger partial charge < -0.3 is 20.3 Å². The third kappa shape index (κ3) is 6.82. The summed E-state index contributed by atoms with van der Waals surface area (Å²) in [7, 11) is 0. The molecule has 0 heterocycles. The van der Waals surface area contributed by atoms with Crippen molar-refractivity contribution in [1.82, 2.24) is 4.90 Å². The van der Waals surface area contributed by atoms with E-state index in [1.54, 1.807) is 18.2 Å². The van der Waals surface area contributed by atoms with Crippen molar-refractivity contribution in [2.75, 3.05) is 5.32 Å². The molecule has 0 aliphatic rings. The predicted octanol–water partition coefficient (Wildman–Crippen LogP) is 7.74. The average Bonchev–Trinajstić information content (AvgIpc) is 2.87. The molecule has 0 unspecified atom stereocenters. The van der Waals surface area contributed by atoms with Crippen molar-refractivity contribution in [3.8, 4) is 28.4 Å². The number of aromatic hydroxyl groups is 1. The third-order valence-corrected chi connectivity index (χ3v) is 6.02. The Morgan fingerprint density at radius 3 is 2.22 bits per heavy atom. The lowest BCUT2D eigenvalue weighted by Crippen LogP contribution is -2.44. The molecule has 4 rings (SSSR count). The minimum Gasteiger partial charge on any atom is -0.508 e. The smallest absolute Gasteiger partial charge is 0.408 e. The minimum absolute atomic E-state index is 0.0914. The molecule has 0 aliphatic carbocycles. The van der Waals surface area contributed by atoms with Crippen molar-refractivity contribution in [2.24, 2.45) is 0 Å². The Kier molecular flexibility index (Phi) is 7.68. The first-order valence-corrected chi connectivity index (χ1v) is 12.2. The van der Waals surface area contributed by atoms with Crippen molar-refractivity contribution in [1.29, 1.82) is 0 Å². The van der Waals surface area contributed by atoms with Crippen LogP contribution in [0.2, 0.25) is 0 Å². The SMILES string of the molecule is CC(C)(C)N(Cc1cccc(Oc2cc(O)ccc2NCc2ccc(-c3ccccc3)cc2)c1)C(=O)O. The van der Waals surface area contributed by atoms with Gasteiger partial charge in [-0.15, -0.1) is 0 Å². The first-order valence-electron chi connectivity index (χ1n) is 12.2. The zero-order valence-corrected chi connectivity index (χ0v) is 21.3. The number of nitrogens with one attached hydrogen (secondary N) is 1. The van der Waals surface area contributed by atoms with E-state index in [1.165, 1.54) is 10.5 Å². The number of phenols is 1. The highest BCUT2D eigenvalue weighted by Crippen LogP contribution is 2.34. The fourth-order valence-electron chi connectivity index (χ4n) is 3.99. The molecule has 4 aromatic carbocycles. The first kappa shape index (κ1) is 25.6. The number of ether oxygens (including phenoxy) is 1. The van der Waals surface area contributed by atoms with Gasteiger partial charge in [0.05, 0.1) is 5.69 Å². The van der Waals surface area contributed by atoms with Crippen LogP contribution in [0.25, 0.3) is 11.1 Å². The van der Waals surface area contributed by atoms with Crippen LogP contribution in [-0.2, 0) is 13.1 Å². The first-order chi connectivity index (χ1) is 17.7. The molecule has 4 aromatic rings. The number of anilines is 1. The van der Waals surface area contributed by atoms with Gasteiger partial charge in [0.25, 0.3) is 0 Å². The van der Waals surface area contributed by atoms with Crippen LogP contribution in [0.5, 0.6) is 17.2 Å². The van der Waals surface area contributed by atoms with Crippen LogP contribution < -0.4 is 10.1 Å². The Labute approximate surface area is 217 Å². The molecule has 37 heavy (non-hydrogen) atoms. The number of hydrogen-bond acceptors (Lipinski definition) is 4. The molecule has 0 saturated carbocycles. The molecule has 0 atom stereocenters. The second-order valence-corrected chi connectivity index (χ2v) is 9.89. The van der Waals surface area contributed by atoms with E-state index in [0.29, 0.717) is 18.0 Å². The Hall–Kier alpha value is -4.45. The van der Waals surface area contributed by atoms with Gasteiger partial charge in [-0.1, -0.05) is 66.7 Å². The van der Waals surface area contributed by atoms with Crippen LogP contribution in [0, 0.1) is 0 Å². The number of benzene rings is 4. The zero-order valence-electron chi connectivity index (χ0n) is 21.3. The van der Waals surface area contributed by atoms with Gasteiger partial charge in [-0.2, -0.15) is 0 Å². The number of carbonyl (C=O) groups is 1. The standard InChI is InChI=1S/C31H32N2O4/c1-31(2,3)33(30(35)36)21-23-8-7-11-27(18-23)37-29-19-26(34)16-17-28(29)32-20-22-12-14-25(15-13-22)24-9-5-4-6-10-24/h4-19,32,34H,20-21H2,1-3H3,(H,35,36). The molecule has 0 radical (unpaired) electrons. The van der Waals surface area contributed by atoms with Crippen LogP contribution in [0.3, 0.4) is 0 Å². The molecule has 6 heteroatoms. The van der Waals surface area contributed by atoms with Crippen LogP contribution in [0.1, 0.15) is 31.9 Å². The number of nitrogens with zero attached hydrogens (tertiary/aromatic N) is 1. The van der Waals surface area contributed by atoms with E-state index in [2.05, 4.69) is 41.7 Å². The summed E-state index contributed by atoms with van der Waals surface area (Å²) in [6.07, 6.45) is -0.977. The predicted molar refractivity (Wildman–Crippen MR) is 147 cm³/mol. The Bertz CT molecular complexity index is 1350. The summed E-state index contributed by atoms with van der Waals surface area (Å²) in [5.41, 5.74) is 4.44. The van der Waals surface area contributed by atoms with Gasteiger partial charge in [0.1, 0.15) is 11.5 Å². The molecular formula is C31H32N2O4. The summed E-state index contributed by atoms with van der Waals surface area (Å²) in [5, 5.41) is 23.1. The number of phenolic OH excluding ortho intramolecular Hbond substituents is 1. The summed E-state index contributed by atoms with van der Waals surface area (Å²) in [6, 6.07) is 30.9. The van der Waals surface area contributed by atoms with Crippen LogP contribution in [0.15, 0.2) is 97.1 Å². The summed E-state index contributed by atoms with van der Waals surface area (Å²) >= 11 is 0. The summed E-state index contributed by atoms with van der Waals surface area (Å²) < 4.78 is 6.14. The molecule has 6 nitrogen and oxygen atoms in total. The van der Waals surface area contributed by atoms with Gasteiger partial charge in [0, 0.05) is 24.7 Å². The van der Waals surface area contributed by atoms with Gasteiger partial charge in [-0.05, 0) is 67.3 Å². The van der Waals surface area contributed by atoms with E-state index in [0.717, 1.165) is 22.4 Å². The lowest BCUT2D eigenvalue weighted by atomic mass is 10.0. The zero-order chi connectivity index (χ0) is 26.4. The largest absolute Gasteiger partial charge is 0.508 e. The van der Waals surface area contributed by atoms with E-state index in [1.807, 2.05) is 63.2 Å². The van der Waals surface area contributed by atoms with Crippen molar-refractivity contribution in [3.05, 3.63) is 108 Å². The quantitative estimate of drug-likeness (QED) is 0.217. The highest BCUT2D eigenvalue weighted by atomic mass is 16.5. The van der Waals surface area contributed by atoms with Gasteiger partial charge >= 0.3 is 6.09 Å². The number of carboxylic acid groups (broad SMARTS) is 1. The maximum absolute atomic E-state index is 11.7. The molecule has 3 N–H and O–H groups in total. The Morgan fingerprint density at radius 1 is 0.838 bits per heavy atom. The fraction of sp³-hybridized carbons (Fsp3) is 0.194. The van der Waals surface area contributed by atoms with Crippen molar-refractivity contribution in [2.45, 2.75) is 39.4 Å². The fourth-order valence-corrected chi connectivity index (χ4v) is 3.99. The van der Waals surface area contributed by atoms with Gasteiger partial charge in [-0.3, -0.25) is 4.90 Å². The van der Waals surface area contributed by atoms with Crippen molar-refractivity contribution >= 4 is 11.8 Å². The maximum atomic E-state index is 11.7. The number of rotatable bonds is 8. The van der Waals surface area contributed by atoms with Crippen molar-refractivity contribution < 1.29 is 19.7 Å². The van der Waals surface area contributed by atoms with Gasteiger partial charge in [-0.25, -0.2) is 4.79 Å². The highest BCUT2D eigenvalue weighted by molar-refractivity contribution is 5.66.